The maximum Gasteiger partial charge on any atom is 0.306 e. The highest BCUT2D eigenvalue weighted by molar-refractivity contribution is 5.70. The first kappa shape index (κ1) is 17.4. The number of hydrogen-bond donors (Lipinski definition) is 3. The molecule has 0 aliphatic heterocycles. The second kappa shape index (κ2) is 9.28. The van der Waals surface area contributed by atoms with Crippen LogP contribution in [-0.4, -0.2) is 61.3 Å². The van der Waals surface area contributed by atoms with E-state index in [1.54, 1.807) is 7.11 Å². The molecule has 0 aromatic carbocycles. The fourth-order valence-electron chi connectivity index (χ4n) is 2.52. The van der Waals surface area contributed by atoms with Crippen molar-refractivity contribution in [2.45, 2.75) is 50.9 Å². The maximum absolute atomic E-state index is 11.0. The van der Waals surface area contributed by atoms with Crippen molar-refractivity contribution in [1.29, 1.82) is 0 Å². The summed E-state index contributed by atoms with van der Waals surface area (Å²) in [6, 6.07) is 0.177. The summed E-state index contributed by atoms with van der Waals surface area (Å²) in [5.74, 6) is -0.967. The minimum absolute atomic E-state index is 0.0410. The third-order valence-electron chi connectivity index (χ3n) is 3.64. The van der Waals surface area contributed by atoms with Gasteiger partial charge in [0.2, 0.25) is 0 Å². The number of aliphatic carboxylic acids is 1. The lowest BCUT2D eigenvalue weighted by molar-refractivity contribution is -0.143. The largest absolute Gasteiger partial charge is 0.481 e. The third-order valence-corrected chi connectivity index (χ3v) is 3.64. The first-order valence-corrected chi connectivity index (χ1v) is 7.27. The zero-order valence-electron chi connectivity index (χ0n) is 12.4. The summed E-state index contributed by atoms with van der Waals surface area (Å²) in [6.45, 7) is 3.08. The normalized spacial score (nSPS) is 26.1. The van der Waals surface area contributed by atoms with Crippen LogP contribution in [0.5, 0.6) is 0 Å². The van der Waals surface area contributed by atoms with E-state index in [1.807, 2.05) is 6.92 Å². The van der Waals surface area contributed by atoms with Crippen LogP contribution >= 0.6 is 0 Å². The van der Waals surface area contributed by atoms with Crippen LogP contribution < -0.4 is 5.32 Å². The Kier molecular flexibility index (Phi) is 8.06. The highest BCUT2D eigenvalue weighted by Gasteiger charge is 2.26. The lowest BCUT2D eigenvalue weighted by atomic mass is 9.86. The predicted molar refractivity (Wildman–Crippen MR) is 74.7 cm³/mol. The molecule has 0 bridgehead atoms. The van der Waals surface area contributed by atoms with Crippen LogP contribution in [0, 0.1) is 5.92 Å². The Morgan fingerprint density at radius 3 is 2.80 bits per heavy atom. The standard InChI is InChI=1S/C14H27NO5/c1-10(8-19-2)20-9-13(16)7-15-12-5-3-4-11(6-12)14(17)18/h10-13,15-16H,3-9H2,1-2H3,(H,17,18). The molecule has 6 heteroatoms. The van der Waals surface area contributed by atoms with E-state index in [4.69, 9.17) is 14.6 Å². The molecular formula is C14H27NO5. The molecule has 0 spiro atoms. The van der Waals surface area contributed by atoms with Gasteiger partial charge in [0.05, 0.1) is 31.3 Å². The number of hydrogen-bond acceptors (Lipinski definition) is 5. The topological polar surface area (TPSA) is 88.0 Å². The molecule has 4 atom stereocenters. The van der Waals surface area contributed by atoms with Crippen LogP contribution in [0.3, 0.4) is 0 Å². The number of nitrogens with one attached hydrogen (secondary N) is 1. The lowest BCUT2D eigenvalue weighted by Gasteiger charge is -2.28. The summed E-state index contributed by atoms with van der Waals surface area (Å²) in [7, 11) is 1.61. The van der Waals surface area contributed by atoms with E-state index in [2.05, 4.69) is 5.32 Å². The van der Waals surface area contributed by atoms with Gasteiger partial charge in [-0.15, -0.1) is 0 Å². The molecule has 0 aromatic heterocycles. The number of rotatable bonds is 9. The van der Waals surface area contributed by atoms with E-state index < -0.39 is 12.1 Å². The number of aliphatic hydroxyl groups is 1. The summed E-state index contributed by atoms with van der Waals surface area (Å²) in [6.07, 6.45) is 2.67. The van der Waals surface area contributed by atoms with E-state index in [9.17, 15) is 9.90 Å². The van der Waals surface area contributed by atoms with Gasteiger partial charge in [-0.2, -0.15) is 0 Å². The fraction of sp³-hybridized carbons (Fsp3) is 0.929. The average molecular weight is 289 g/mol. The second-order valence-corrected chi connectivity index (χ2v) is 5.56. The van der Waals surface area contributed by atoms with Crippen LogP contribution in [0.2, 0.25) is 0 Å². The van der Waals surface area contributed by atoms with Gasteiger partial charge >= 0.3 is 5.97 Å². The van der Waals surface area contributed by atoms with Crippen molar-refractivity contribution in [2.75, 3.05) is 26.9 Å². The number of carboxylic acid groups (broad SMARTS) is 1. The Labute approximate surface area is 120 Å². The Bertz CT molecular complexity index is 287. The number of ether oxygens (including phenoxy) is 2. The van der Waals surface area contributed by atoms with E-state index >= 15 is 0 Å². The molecule has 6 nitrogen and oxygen atoms in total. The van der Waals surface area contributed by atoms with Crippen LogP contribution in [0.1, 0.15) is 32.6 Å². The summed E-state index contributed by atoms with van der Waals surface area (Å²) in [4.78, 5) is 11.0. The number of methoxy groups -OCH3 is 1. The molecule has 1 saturated carbocycles. The zero-order valence-corrected chi connectivity index (χ0v) is 12.4. The van der Waals surface area contributed by atoms with Crippen molar-refractivity contribution >= 4 is 5.97 Å². The van der Waals surface area contributed by atoms with Gasteiger partial charge in [-0.3, -0.25) is 4.79 Å². The van der Waals surface area contributed by atoms with Gasteiger partial charge in [0.25, 0.3) is 0 Å². The Hall–Kier alpha value is -0.690. The van der Waals surface area contributed by atoms with Gasteiger partial charge in [-0.1, -0.05) is 6.42 Å². The molecule has 1 aliphatic carbocycles. The number of carboxylic acids is 1. The average Bonchev–Trinajstić information content (AvgIpc) is 2.43. The van der Waals surface area contributed by atoms with Crippen LogP contribution in [0.4, 0.5) is 0 Å². The number of aliphatic hydroxyl groups excluding tert-OH is 1. The predicted octanol–water partition coefficient (Wildman–Crippen LogP) is 0.632. The molecule has 0 heterocycles. The van der Waals surface area contributed by atoms with E-state index in [1.165, 1.54) is 0 Å². The molecule has 20 heavy (non-hydrogen) atoms. The molecule has 1 fully saturated rings. The molecule has 3 N–H and O–H groups in total. The maximum atomic E-state index is 11.0. The SMILES string of the molecule is COCC(C)OCC(O)CNC1CCCC(C(=O)O)C1. The van der Waals surface area contributed by atoms with Gasteiger partial charge < -0.3 is 25.0 Å². The molecule has 118 valence electrons. The molecule has 4 unspecified atom stereocenters. The lowest BCUT2D eigenvalue weighted by Crippen LogP contribution is -2.41. The smallest absolute Gasteiger partial charge is 0.306 e. The van der Waals surface area contributed by atoms with E-state index in [0.29, 0.717) is 19.6 Å². The van der Waals surface area contributed by atoms with Gasteiger partial charge in [0.1, 0.15) is 0 Å². The minimum Gasteiger partial charge on any atom is -0.481 e. The van der Waals surface area contributed by atoms with Crippen molar-refractivity contribution in [3.05, 3.63) is 0 Å². The van der Waals surface area contributed by atoms with Crippen LogP contribution in [-0.2, 0) is 14.3 Å². The van der Waals surface area contributed by atoms with Crippen molar-refractivity contribution < 1.29 is 24.5 Å². The van der Waals surface area contributed by atoms with Crippen molar-refractivity contribution in [3.63, 3.8) is 0 Å². The van der Waals surface area contributed by atoms with Crippen LogP contribution in [0.25, 0.3) is 0 Å². The van der Waals surface area contributed by atoms with Crippen molar-refractivity contribution in [2.24, 2.45) is 5.92 Å². The Morgan fingerprint density at radius 2 is 2.15 bits per heavy atom. The molecule has 0 amide bonds. The molecular weight excluding hydrogens is 262 g/mol. The first-order chi connectivity index (χ1) is 9.52. The van der Waals surface area contributed by atoms with E-state index in [0.717, 1.165) is 19.3 Å². The van der Waals surface area contributed by atoms with Gasteiger partial charge in [-0.25, -0.2) is 0 Å². The third kappa shape index (κ3) is 6.65. The zero-order chi connectivity index (χ0) is 15.0. The Morgan fingerprint density at radius 1 is 1.40 bits per heavy atom. The fourth-order valence-corrected chi connectivity index (χ4v) is 2.52. The van der Waals surface area contributed by atoms with Gasteiger partial charge in [0.15, 0.2) is 0 Å². The molecule has 0 radical (unpaired) electrons. The summed E-state index contributed by atoms with van der Waals surface area (Å²) < 4.78 is 10.4. The monoisotopic (exact) mass is 289 g/mol. The Balaban J connectivity index is 2.17. The van der Waals surface area contributed by atoms with Gasteiger partial charge in [0, 0.05) is 19.7 Å². The van der Waals surface area contributed by atoms with Crippen molar-refractivity contribution in [1.82, 2.24) is 5.32 Å². The quantitative estimate of drug-likeness (QED) is 0.577. The summed E-state index contributed by atoms with van der Waals surface area (Å²) >= 11 is 0. The summed E-state index contributed by atoms with van der Waals surface area (Å²) in [5.41, 5.74) is 0. The molecule has 0 saturated heterocycles. The van der Waals surface area contributed by atoms with E-state index in [-0.39, 0.29) is 24.7 Å². The highest BCUT2D eigenvalue weighted by atomic mass is 16.5. The first-order valence-electron chi connectivity index (χ1n) is 7.27. The van der Waals surface area contributed by atoms with Gasteiger partial charge in [-0.05, 0) is 26.2 Å². The highest BCUT2D eigenvalue weighted by Crippen LogP contribution is 2.24. The molecule has 1 rings (SSSR count). The minimum atomic E-state index is -0.714. The molecule has 1 aliphatic rings. The van der Waals surface area contributed by atoms with Crippen molar-refractivity contribution in [3.8, 4) is 0 Å². The van der Waals surface area contributed by atoms with Crippen LogP contribution in [0.15, 0.2) is 0 Å². The second-order valence-electron chi connectivity index (χ2n) is 5.56. The summed E-state index contributed by atoms with van der Waals surface area (Å²) in [5, 5.41) is 22.1. The molecule has 0 aromatic rings. The number of carbonyl (C=O) groups is 1.